The van der Waals surface area contributed by atoms with E-state index in [0.29, 0.717) is -0.565 Å². The van der Waals surface area contributed by atoms with Crippen LogP contribution >= 0.6 is 195 Å². The summed E-state index contributed by atoms with van der Waals surface area (Å²) in [6.07, 6.45) is 7.13. The first kappa shape index (κ1) is 67.0. The molecular formula is C22H39I9N2O2VW2-. The average molecular weight is 1920 g/mol. The number of rotatable bonds is 2. The summed E-state index contributed by atoms with van der Waals surface area (Å²) in [6.45, 7) is 6.62. The van der Waals surface area contributed by atoms with Crippen molar-refractivity contribution in [1.82, 2.24) is 4.98 Å². The van der Waals surface area contributed by atoms with Crippen LogP contribution in [-0.4, -0.2) is 21.0 Å². The number of nitrogens with zero attached hydrogens (tertiary/aromatic N) is 2. The van der Waals surface area contributed by atoms with Crippen molar-refractivity contribution in [2.45, 2.75) is 42.8 Å². The van der Waals surface area contributed by atoms with Crippen LogP contribution in [-0.2, 0) is 67.3 Å². The molecule has 0 aliphatic rings. The normalized spacial score (nSPS) is 8.13. The molecule has 0 radical (unpaired) electrons. The molecule has 2 rings (SSSR count). The Morgan fingerprint density at radius 1 is 0.895 bits per heavy atom. The van der Waals surface area contributed by atoms with Gasteiger partial charge in [-0.3, -0.25) is 4.98 Å². The molecule has 2 aromatic rings. The summed E-state index contributed by atoms with van der Waals surface area (Å²) in [5, 5.41) is 17.1. The minimum Gasteiger partial charge on any atom is 0 e. The molecule has 0 amide bonds. The summed E-state index contributed by atoms with van der Waals surface area (Å²) < 4.78 is 4.33. The summed E-state index contributed by atoms with van der Waals surface area (Å²) in [5.74, 6) is 0. The van der Waals surface area contributed by atoms with Crippen molar-refractivity contribution in [3.05, 3.63) is 75.0 Å². The summed E-state index contributed by atoms with van der Waals surface area (Å²) in [7, 11) is 1.95. The third-order valence-electron chi connectivity index (χ3n) is 2.16. The van der Waals surface area contributed by atoms with Crippen LogP contribution in [0.5, 0.6) is 0 Å². The van der Waals surface area contributed by atoms with Gasteiger partial charge in [-0.1, -0.05) is 150 Å². The quantitative estimate of drug-likeness (QED) is 0.136. The molecule has 0 saturated carbocycles. The van der Waals surface area contributed by atoms with Crippen LogP contribution in [0.25, 0.3) is 0 Å². The van der Waals surface area contributed by atoms with Crippen LogP contribution in [0.15, 0.2) is 49.1 Å². The molecule has 0 fully saturated rings. The summed E-state index contributed by atoms with van der Waals surface area (Å²) in [4.78, 5) is 3.50. The zero-order valence-electron chi connectivity index (χ0n) is 21.3. The van der Waals surface area contributed by atoms with E-state index in [1.54, 1.807) is 24.5 Å². The van der Waals surface area contributed by atoms with Crippen LogP contribution in [0.3, 0.4) is 0 Å². The van der Waals surface area contributed by atoms with Gasteiger partial charge in [0.05, 0.1) is 15.1 Å². The van der Waals surface area contributed by atoms with Gasteiger partial charge in [-0.25, -0.2) is 4.57 Å². The Hall–Kier alpha value is 6.75. The Kier molecular flexibility index (Phi) is 89.2. The summed E-state index contributed by atoms with van der Waals surface area (Å²) >= 11 is 21.4. The predicted octanol–water partition coefficient (Wildman–Crippen LogP) is 11.4. The van der Waals surface area contributed by atoms with Crippen LogP contribution < -0.4 is 4.57 Å². The molecule has 0 aromatic carbocycles. The monoisotopic (exact) mass is 1920 g/mol. The van der Waals surface area contributed by atoms with Crippen molar-refractivity contribution in [1.29, 1.82) is 0 Å². The fourth-order valence-corrected chi connectivity index (χ4v) is 1.13. The number of halogens is 9. The topological polar surface area (TPSA) is 57.2 Å². The van der Waals surface area contributed by atoms with Crippen molar-refractivity contribution in [3.8, 4) is 0 Å². The first-order valence-corrected chi connectivity index (χ1v) is 29.6. The largest absolute Gasteiger partial charge is 0 e. The van der Waals surface area contributed by atoms with Crippen LogP contribution in [0.1, 0.15) is 39.3 Å². The second-order valence-corrected chi connectivity index (χ2v) is 61.0. The van der Waals surface area contributed by atoms with Gasteiger partial charge in [0, 0.05) is 66.7 Å². The molecule has 0 bridgehead atoms. The molecule has 0 aliphatic heterocycles. The predicted molar refractivity (Wildman–Crippen MR) is 238 cm³/mol. The van der Waals surface area contributed by atoms with Crippen LogP contribution in [0.4, 0.5) is 0 Å². The Bertz CT molecular complexity index is 617. The molecule has 2 N–H and O–H groups in total. The Morgan fingerprint density at radius 2 is 1.11 bits per heavy atom. The van der Waals surface area contributed by atoms with Crippen molar-refractivity contribution < 1.29 is 61.8 Å². The van der Waals surface area contributed by atoms with E-state index in [4.69, 9.17) is 10.2 Å². The smallest absolute Gasteiger partial charge is 0 e. The van der Waals surface area contributed by atoms with Crippen molar-refractivity contribution in [2.75, 3.05) is 4.43 Å². The molecule has 38 heavy (non-hydrogen) atoms. The third kappa shape index (κ3) is 90.2. The van der Waals surface area contributed by atoms with E-state index in [9.17, 15) is 0 Å². The van der Waals surface area contributed by atoms with E-state index in [1.807, 2.05) is 36.1 Å². The molecule has 0 aliphatic carbocycles. The fraction of sp³-hybridized carbons (Fsp3) is 0.455. The average Bonchev–Trinajstić information content (AvgIpc) is 2.68. The van der Waals surface area contributed by atoms with Gasteiger partial charge >= 0.3 is 64.9 Å². The molecule has 2 aromatic heterocycles. The molecule has 0 unspecified atom stereocenters. The van der Waals surface area contributed by atoms with Crippen LogP contribution in [0.2, 0.25) is 0 Å². The number of hydrogen-bond acceptors (Lipinski definition) is 3. The maximum Gasteiger partial charge on any atom is 0 e. The molecular weight excluding hydrogens is 1890 g/mol. The number of aromatic nitrogens is 2. The van der Waals surface area contributed by atoms with Crippen LogP contribution in [0, 0.1) is 14.9 Å². The van der Waals surface area contributed by atoms with E-state index in [1.165, 1.54) is 4.43 Å². The van der Waals surface area contributed by atoms with Gasteiger partial charge in [-0.2, -0.15) is 0 Å². The number of hydrogen-bond donors (Lipinski definition) is 2. The van der Waals surface area contributed by atoms with Gasteiger partial charge in [0.25, 0.3) is 0 Å². The number of aliphatic hydroxyl groups excluding tert-OH is 2. The second-order valence-electron chi connectivity index (χ2n) is 5.30. The van der Waals surface area contributed by atoms with E-state index in [0.717, 1.165) is 13.1 Å². The zero-order chi connectivity index (χ0) is 26.9. The fourth-order valence-electron chi connectivity index (χ4n) is 1.13. The van der Waals surface area contributed by atoms with Gasteiger partial charge in [0.15, 0.2) is 12.4 Å². The van der Waals surface area contributed by atoms with E-state index < -0.39 is 0 Å². The van der Waals surface area contributed by atoms with Gasteiger partial charge in [-0.15, -0.1) is 0 Å². The number of aryl methyl sites for hydroxylation is 1. The number of alkyl halides is 6. The Morgan fingerprint density at radius 3 is 1.29 bits per heavy atom. The SMILES string of the molecule is C.CC(I)(I)I.CC(I)I.CCI.C[n+]1ccc(CO)cc1.OCc1ccncc1.[CH3-].[CH3-].[I][V]([I])[I].[W].[W]. The first-order chi connectivity index (χ1) is 15.1. The zero-order valence-corrected chi connectivity index (χ0v) is 48.0. The van der Waals surface area contributed by atoms with Gasteiger partial charge in [0.1, 0.15) is 6.48 Å². The Labute approximate surface area is 382 Å². The van der Waals surface area contributed by atoms with Gasteiger partial charge < -0.3 is 25.1 Å². The minimum absolute atomic E-state index is 0. The molecule has 0 spiro atoms. The summed E-state index contributed by atoms with van der Waals surface area (Å²) in [5.41, 5.74) is 1.85. The number of aliphatic hydroxyl groups is 2. The molecule has 16 heteroatoms. The van der Waals surface area contributed by atoms with E-state index >= 15 is 0 Å². The van der Waals surface area contributed by atoms with Crippen molar-refractivity contribution in [3.63, 3.8) is 0 Å². The van der Waals surface area contributed by atoms with Gasteiger partial charge in [-0.05, 0) is 41.5 Å². The standard InChI is InChI=1S/C7H10NO.C6H7NO.C2H3I3.C2H4I2.C2H5I.CH4.2CH3.3HI.V.2W/c1-8-4-2-7(6-9)3-5-8;8-5-6-1-3-7-4-2-6;1-2(3,4)5;1-2(3)4;1-2-3;;;;;;;;;/h2-5,9H,6H2,1H3;1-4,8H,5H2;1H3;2H,1H3;2H2,1H3;1H4;2*1H3;3*1H;;;/q+1;;;;;;2*-1;;;;+3;;/p-3. The van der Waals surface area contributed by atoms with E-state index in [2.05, 4.69) is 221 Å². The molecule has 0 saturated heterocycles. The van der Waals surface area contributed by atoms with Crippen molar-refractivity contribution >= 4 is 195 Å². The molecule has 0 atom stereocenters. The van der Waals surface area contributed by atoms with E-state index in [-0.39, 0.29) is 82.5 Å². The summed E-state index contributed by atoms with van der Waals surface area (Å²) in [6, 6.07) is 7.33. The maximum absolute atomic E-state index is 8.62. The molecule has 2 heterocycles. The van der Waals surface area contributed by atoms with Gasteiger partial charge in [0.2, 0.25) is 0 Å². The van der Waals surface area contributed by atoms with Crippen molar-refractivity contribution in [2.24, 2.45) is 7.05 Å². The minimum atomic E-state index is -0.278. The maximum atomic E-state index is 8.62. The molecule has 4 nitrogen and oxygen atoms in total. The first-order valence-electron chi connectivity index (χ1n) is 8.87. The number of pyridine rings is 2. The Balaban J connectivity index is -0.0000000386. The third-order valence-corrected chi connectivity index (χ3v) is 2.16. The molecule has 230 valence electrons. The second kappa shape index (κ2) is 50.6.